The Labute approximate surface area is 191 Å². The molecule has 0 amide bonds. The highest BCUT2D eigenvalue weighted by molar-refractivity contribution is 14.0. The number of ether oxygens (including phenoxy) is 4. The molecule has 1 atom stereocenters. The van der Waals surface area contributed by atoms with Gasteiger partial charge in [0.15, 0.2) is 17.5 Å². The summed E-state index contributed by atoms with van der Waals surface area (Å²) in [5.41, 5.74) is 0.980. The Balaban J connectivity index is 0.00000420. The summed E-state index contributed by atoms with van der Waals surface area (Å²) in [5, 5.41) is 6.74. The van der Waals surface area contributed by atoms with Crippen molar-refractivity contribution in [3.05, 3.63) is 17.7 Å². The first-order valence-corrected chi connectivity index (χ1v) is 9.75. The van der Waals surface area contributed by atoms with Crippen molar-refractivity contribution < 1.29 is 18.9 Å². The van der Waals surface area contributed by atoms with Gasteiger partial charge in [0.25, 0.3) is 0 Å². The van der Waals surface area contributed by atoms with Crippen LogP contribution in [0.4, 0.5) is 0 Å². The molecule has 1 fully saturated rings. The largest absolute Gasteiger partial charge is 0.493 e. The van der Waals surface area contributed by atoms with E-state index < -0.39 is 0 Å². The first-order chi connectivity index (χ1) is 13.6. The number of nitrogens with one attached hydrogen (secondary N) is 2. The zero-order chi connectivity index (χ0) is 20.4. The maximum Gasteiger partial charge on any atom is 0.203 e. The molecule has 0 saturated carbocycles. The van der Waals surface area contributed by atoms with E-state index in [0.29, 0.717) is 29.8 Å². The lowest BCUT2D eigenvalue weighted by Crippen LogP contribution is -2.49. The summed E-state index contributed by atoms with van der Waals surface area (Å²) in [6.45, 7) is 9.96. The molecule has 1 aromatic rings. The Kier molecular flexibility index (Phi) is 12.1. The zero-order valence-corrected chi connectivity index (χ0v) is 20.4. The van der Waals surface area contributed by atoms with E-state index in [2.05, 4.69) is 29.4 Å². The Bertz CT molecular complexity index is 614. The van der Waals surface area contributed by atoms with Crippen molar-refractivity contribution in [1.29, 1.82) is 0 Å². The van der Waals surface area contributed by atoms with Gasteiger partial charge in [-0.15, -0.1) is 24.0 Å². The molecule has 29 heavy (non-hydrogen) atoms. The van der Waals surface area contributed by atoms with Gasteiger partial charge in [-0.3, -0.25) is 4.90 Å². The van der Waals surface area contributed by atoms with Crippen LogP contribution in [0, 0.1) is 0 Å². The third-order valence-corrected chi connectivity index (χ3v) is 4.72. The predicted octanol–water partition coefficient (Wildman–Crippen LogP) is 2.11. The van der Waals surface area contributed by atoms with Gasteiger partial charge >= 0.3 is 0 Å². The highest BCUT2D eigenvalue weighted by Gasteiger charge is 2.17. The van der Waals surface area contributed by atoms with Gasteiger partial charge in [0.1, 0.15) is 0 Å². The first kappa shape index (κ1) is 25.6. The van der Waals surface area contributed by atoms with E-state index in [0.717, 1.165) is 50.9 Å². The second-order valence-corrected chi connectivity index (χ2v) is 6.61. The van der Waals surface area contributed by atoms with Crippen LogP contribution >= 0.6 is 24.0 Å². The highest BCUT2D eigenvalue weighted by Crippen LogP contribution is 2.38. The lowest BCUT2D eigenvalue weighted by Gasteiger charge is -2.32. The quantitative estimate of drug-likeness (QED) is 0.292. The van der Waals surface area contributed by atoms with Gasteiger partial charge in [0.2, 0.25) is 5.75 Å². The van der Waals surface area contributed by atoms with Crippen molar-refractivity contribution in [2.75, 3.05) is 60.7 Å². The molecule has 1 aromatic carbocycles. The van der Waals surface area contributed by atoms with Crippen LogP contribution < -0.4 is 24.8 Å². The van der Waals surface area contributed by atoms with Crippen molar-refractivity contribution in [3.63, 3.8) is 0 Å². The van der Waals surface area contributed by atoms with Gasteiger partial charge in [-0.2, -0.15) is 0 Å². The minimum Gasteiger partial charge on any atom is -0.493 e. The van der Waals surface area contributed by atoms with Crippen LogP contribution in [0.3, 0.4) is 0 Å². The van der Waals surface area contributed by atoms with Gasteiger partial charge in [-0.05, 0) is 31.5 Å². The molecule has 0 aliphatic carbocycles. The number of benzene rings is 1. The van der Waals surface area contributed by atoms with E-state index >= 15 is 0 Å². The molecule has 166 valence electrons. The number of guanidine groups is 1. The molecule has 1 saturated heterocycles. The number of rotatable bonds is 9. The molecular weight excluding hydrogens is 487 g/mol. The summed E-state index contributed by atoms with van der Waals surface area (Å²) >= 11 is 0. The molecule has 9 heteroatoms. The molecule has 1 heterocycles. The van der Waals surface area contributed by atoms with E-state index in [1.54, 1.807) is 21.3 Å². The fraction of sp³-hybridized carbons (Fsp3) is 0.650. The summed E-state index contributed by atoms with van der Waals surface area (Å²) < 4.78 is 21.6. The summed E-state index contributed by atoms with van der Waals surface area (Å²) in [7, 11) is 4.83. The standard InChI is InChI=1S/C20H34N4O4.HI/c1-6-21-20(22-13-15(2)24-7-9-28-10-8-24)23-14-16-11-17(25-3)19(27-5)18(12-16)26-4;/h11-12,15H,6-10,13-14H2,1-5H3,(H2,21,22,23);1H. The summed E-state index contributed by atoms with van der Waals surface area (Å²) in [6, 6.07) is 4.25. The maximum atomic E-state index is 5.43. The average molecular weight is 522 g/mol. The third-order valence-electron chi connectivity index (χ3n) is 4.72. The van der Waals surface area contributed by atoms with Crippen molar-refractivity contribution in [2.45, 2.75) is 26.4 Å². The second-order valence-electron chi connectivity index (χ2n) is 6.61. The van der Waals surface area contributed by atoms with E-state index in [-0.39, 0.29) is 24.0 Å². The van der Waals surface area contributed by atoms with E-state index in [1.807, 2.05) is 12.1 Å². The number of aliphatic imine (C=N–C) groups is 1. The van der Waals surface area contributed by atoms with Crippen molar-refractivity contribution in [3.8, 4) is 17.2 Å². The number of hydrogen-bond donors (Lipinski definition) is 2. The fourth-order valence-electron chi connectivity index (χ4n) is 3.13. The molecule has 0 bridgehead atoms. The van der Waals surface area contributed by atoms with Gasteiger partial charge in [0, 0.05) is 32.2 Å². The summed E-state index contributed by atoms with van der Waals surface area (Å²) in [4.78, 5) is 7.14. The van der Waals surface area contributed by atoms with Crippen molar-refractivity contribution in [2.24, 2.45) is 4.99 Å². The van der Waals surface area contributed by atoms with Crippen LogP contribution in [0.25, 0.3) is 0 Å². The van der Waals surface area contributed by atoms with Crippen LogP contribution in [-0.4, -0.2) is 77.6 Å². The fourth-order valence-corrected chi connectivity index (χ4v) is 3.13. The Morgan fingerprint density at radius 3 is 2.24 bits per heavy atom. The lowest BCUT2D eigenvalue weighted by atomic mass is 10.2. The summed E-state index contributed by atoms with van der Waals surface area (Å²) in [6.07, 6.45) is 0. The van der Waals surface area contributed by atoms with Gasteiger partial charge in [-0.1, -0.05) is 0 Å². The SMILES string of the molecule is CCNC(=NCc1cc(OC)c(OC)c(OC)c1)NCC(C)N1CCOCC1.I. The third kappa shape index (κ3) is 7.71. The molecule has 0 spiro atoms. The molecule has 2 rings (SSSR count). The molecule has 8 nitrogen and oxygen atoms in total. The minimum absolute atomic E-state index is 0. The lowest BCUT2D eigenvalue weighted by molar-refractivity contribution is 0.0211. The Morgan fingerprint density at radius 2 is 1.72 bits per heavy atom. The number of halogens is 1. The number of hydrogen-bond acceptors (Lipinski definition) is 6. The molecule has 1 aliphatic rings. The molecule has 0 aromatic heterocycles. The van der Waals surface area contributed by atoms with Crippen LogP contribution in [0.1, 0.15) is 19.4 Å². The Hall–Kier alpha value is -1.46. The van der Waals surface area contributed by atoms with Crippen LogP contribution in [0.5, 0.6) is 17.2 Å². The highest BCUT2D eigenvalue weighted by atomic mass is 127. The molecule has 2 N–H and O–H groups in total. The number of methoxy groups -OCH3 is 3. The molecule has 1 unspecified atom stereocenters. The number of morpholine rings is 1. The average Bonchev–Trinajstić information content (AvgIpc) is 2.75. The first-order valence-electron chi connectivity index (χ1n) is 9.75. The second kappa shape index (κ2) is 13.7. The molecular formula is C20H35IN4O4. The van der Waals surface area contributed by atoms with Gasteiger partial charge in [-0.25, -0.2) is 4.99 Å². The smallest absolute Gasteiger partial charge is 0.203 e. The van der Waals surface area contributed by atoms with Crippen LogP contribution in [-0.2, 0) is 11.3 Å². The minimum atomic E-state index is 0. The molecule has 0 radical (unpaired) electrons. The van der Waals surface area contributed by atoms with Crippen LogP contribution in [0.2, 0.25) is 0 Å². The van der Waals surface area contributed by atoms with E-state index in [4.69, 9.17) is 23.9 Å². The molecule has 1 aliphatic heterocycles. The van der Waals surface area contributed by atoms with E-state index in [1.165, 1.54) is 0 Å². The van der Waals surface area contributed by atoms with Gasteiger partial charge in [0.05, 0.1) is 41.1 Å². The van der Waals surface area contributed by atoms with Crippen molar-refractivity contribution >= 4 is 29.9 Å². The van der Waals surface area contributed by atoms with Gasteiger partial charge < -0.3 is 29.6 Å². The van der Waals surface area contributed by atoms with Crippen LogP contribution in [0.15, 0.2) is 17.1 Å². The Morgan fingerprint density at radius 1 is 1.10 bits per heavy atom. The van der Waals surface area contributed by atoms with E-state index in [9.17, 15) is 0 Å². The zero-order valence-electron chi connectivity index (χ0n) is 18.1. The monoisotopic (exact) mass is 522 g/mol. The normalized spacial score (nSPS) is 15.8. The summed E-state index contributed by atoms with van der Waals surface area (Å²) in [5.74, 6) is 2.63. The predicted molar refractivity (Wildman–Crippen MR) is 126 cm³/mol. The maximum absolute atomic E-state index is 5.43. The number of nitrogens with zero attached hydrogens (tertiary/aromatic N) is 2. The topological polar surface area (TPSA) is 76.6 Å². The van der Waals surface area contributed by atoms with Crippen molar-refractivity contribution in [1.82, 2.24) is 15.5 Å².